The summed E-state index contributed by atoms with van der Waals surface area (Å²) in [6.45, 7) is 4.92. The summed E-state index contributed by atoms with van der Waals surface area (Å²) in [4.78, 5) is 29.9. The number of aryl methyl sites for hydroxylation is 1. The van der Waals surface area contributed by atoms with E-state index in [1.165, 1.54) is 37.3 Å². The Bertz CT molecular complexity index is 1770. The number of nitrogens with zero attached hydrogens (tertiary/aromatic N) is 2. The number of methoxy groups -OCH3 is 2. The molecule has 4 aromatic rings. The largest absolute Gasteiger partial charge is 0.497 e. The van der Waals surface area contributed by atoms with Gasteiger partial charge < -0.3 is 19.7 Å². The van der Waals surface area contributed by atoms with Crippen LogP contribution < -0.4 is 19.1 Å². The zero-order chi connectivity index (χ0) is 34.1. The lowest BCUT2D eigenvalue weighted by Crippen LogP contribution is -2.54. The van der Waals surface area contributed by atoms with Crippen molar-refractivity contribution in [3.05, 3.63) is 119 Å². The first-order valence-electron chi connectivity index (χ1n) is 15.1. The number of sulfonamides is 1. The normalized spacial score (nSPS) is 11.9. The highest BCUT2D eigenvalue weighted by molar-refractivity contribution is 7.92. The Morgan fingerprint density at radius 3 is 2.11 bits per heavy atom. The molecule has 0 spiro atoms. The van der Waals surface area contributed by atoms with E-state index in [-0.39, 0.29) is 41.2 Å². The van der Waals surface area contributed by atoms with Crippen molar-refractivity contribution >= 4 is 39.1 Å². The van der Waals surface area contributed by atoms with Gasteiger partial charge in [-0.3, -0.25) is 13.9 Å². The van der Waals surface area contributed by atoms with E-state index >= 15 is 0 Å². The number of amides is 2. The second kappa shape index (κ2) is 15.8. The van der Waals surface area contributed by atoms with Crippen molar-refractivity contribution < 1.29 is 27.5 Å². The van der Waals surface area contributed by atoms with Crippen LogP contribution in [0.1, 0.15) is 30.5 Å². The van der Waals surface area contributed by atoms with Crippen molar-refractivity contribution in [2.45, 2.75) is 50.7 Å². The molecular formula is C36H40ClN3O6S. The van der Waals surface area contributed by atoms with Crippen LogP contribution in [0.15, 0.2) is 102 Å². The second-order valence-corrected chi connectivity index (χ2v) is 13.7. The van der Waals surface area contributed by atoms with Crippen LogP contribution in [0.3, 0.4) is 0 Å². The fourth-order valence-corrected chi connectivity index (χ4v) is 6.61. The van der Waals surface area contributed by atoms with Gasteiger partial charge in [0.05, 0.1) is 24.8 Å². The minimum Gasteiger partial charge on any atom is -0.497 e. The number of anilines is 1. The van der Waals surface area contributed by atoms with Crippen molar-refractivity contribution in [1.29, 1.82) is 0 Å². The van der Waals surface area contributed by atoms with Crippen LogP contribution in [0, 0.1) is 6.92 Å². The number of hydrogen-bond acceptors (Lipinski definition) is 6. The van der Waals surface area contributed by atoms with E-state index in [9.17, 15) is 18.0 Å². The molecule has 0 aromatic heterocycles. The molecule has 47 heavy (non-hydrogen) atoms. The lowest BCUT2D eigenvalue weighted by Gasteiger charge is -2.34. The van der Waals surface area contributed by atoms with Gasteiger partial charge in [0, 0.05) is 30.1 Å². The molecule has 2 amide bonds. The first-order valence-corrected chi connectivity index (χ1v) is 16.9. The highest BCUT2D eigenvalue weighted by Gasteiger charge is 2.36. The van der Waals surface area contributed by atoms with E-state index in [2.05, 4.69) is 5.32 Å². The Balaban J connectivity index is 1.86. The number of rotatable bonds is 14. The Morgan fingerprint density at radius 1 is 0.851 bits per heavy atom. The summed E-state index contributed by atoms with van der Waals surface area (Å²) in [5.41, 5.74) is 2.53. The van der Waals surface area contributed by atoms with Crippen LogP contribution in [0.25, 0.3) is 0 Å². The molecule has 9 nitrogen and oxygen atoms in total. The first kappa shape index (κ1) is 35.3. The van der Waals surface area contributed by atoms with Crippen molar-refractivity contribution in [2.24, 2.45) is 0 Å². The lowest BCUT2D eigenvalue weighted by atomic mass is 10.0. The minimum absolute atomic E-state index is 0.0107. The molecule has 0 aliphatic carbocycles. The van der Waals surface area contributed by atoms with Gasteiger partial charge in [0.1, 0.15) is 24.1 Å². The quantitative estimate of drug-likeness (QED) is 0.175. The number of carbonyl (C=O) groups is 2. The topological polar surface area (TPSA) is 105 Å². The van der Waals surface area contributed by atoms with Gasteiger partial charge in [-0.05, 0) is 68.3 Å². The molecule has 11 heteroatoms. The molecule has 4 aromatic carbocycles. The van der Waals surface area contributed by atoms with Crippen LogP contribution in [-0.2, 0) is 32.6 Å². The van der Waals surface area contributed by atoms with E-state index in [4.69, 9.17) is 21.1 Å². The Morgan fingerprint density at radius 2 is 1.51 bits per heavy atom. The van der Waals surface area contributed by atoms with E-state index in [0.29, 0.717) is 16.3 Å². The summed E-state index contributed by atoms with van der Waals surface area (Å²) in [7, 11) is -1.44. The summed E-state index contributed by atoms with van der Waals surface area (Å²) < 4.78 is 40.7. The number of halogens is 1. The minimum atomic E-state index is -4.33. The standard InChI is InChI=1S/C36H40ClN3O6S/c1-25(2)38-36(42)33(21-27-9-7-6-8-10-27)39(23-28-13-15-29(37)16-14-28)35(41)24-40(32-22-30(45-4)17-20-34(32)46-5)47(43,44)31-18-11-26(3)12-19-31/h6-20,22,25,33H,21,23-24H2,1-5H3,(H,38,42)/t33-/m0/s1. The van der Waals surface area contributed by atoms with Gasteiger partial charge in [-0.1, -0.05) is 71.8 Å². The Labute approximate surface area is 282 Å². The lowest BCUT2D eigenvalue weighted by molar-refractivity contribution is -0.140. The Hall–Kier alpha value is -4.54. The second-order valence-electron chi connectivity index (χ2n) is 11.4. The third-order valence-electron chi connectivity index (χ3n) is 7.51. The maximum atomic E-state index is 14.6. The molecule has 1 atom stereocenters. The van der Waals surface area contributed by atoms with Crippen molar-refractivity contribution in [3.63, 3.8) is 0 Å². The van der Waals surface area contributed by atoms with Crippen LogP contribution in [0.5, 0.6) is 11.5 Å². The van der Waals surface area contributed by atoms with Gasteiger partial charge in [0.2, 0.25) is 11.8 Å². The van der Waals surface area contributed by atoms with Crippen LogP contribution >= 0.6 is 11.6 Å². The third kappa shape index (κ3) is 9.05. The summed E-state index contributed by atoms with van der Waals surface area (Å²) in [6, 6.07) is 26.2. The van der Waals surface area contributed by atoms with Crippen LogP contribution in [0.2, 0.25) is 5.02 Å². The predicted molar refractivity (Wildman–Crippen MR) is 184 cm³/mol. The van der Waals surface area contributed by atoms with Crippen molar-refractivity contribution in [2.75, 3.05) is 25.1 Å². The summed E-state index contributed by atoms with van der Waals surface area (Å²) in [5.74, 6) is -0.371. The van der Waals surface area contributed by atoms with Gasteiger partial charge in [-0.15, -0.1) is 0 Å². The van der Waals surface area contributed by atoms with Crippen molar-refractivity contribution in [1.82, 2.24) is 10.2 Å². The van der Waals surface area contributed by atoms with E-state index in [1.54, 1.807) is 48.5 Å². The summed E-state index contributed by atoms with van der Waals surface area (Å²) in [5, 5.41) is 3.47. The Kier molecular flexibility index (Phi) is 11.9. The number of benzene rings is 4. The SMILES string of the molecule is COc1ccc(OC)c(N(CC(=O)N(Cc2ccc(Cl)cc2)[C@@H](Cc2ccccc2)C(=O)NC(C)C)S(=O)(=O)c2ccc(C)cc2)c1. The molecule has 0 aliphatic heterocycles. The number of carbonyl (C=O) groups excluding carboxylic acids is 2. The maximum absolute atomic E-state index is 14.6. The fraction of sp³-hybridized carbons (Fsp3) is 0.278. The van der Waals surface area contributed by atoms with Gasteiger partial charge in [-0.2, -0.15) is 0 Å². The molecular weight excluding hydrogens is 638 g/mol. The monoisotopic (exact) mass is 677 g/mol. The summed E-state index contributed by atoms with van der Waals surface area (Å²) >= 11 is 6.16. The molecule has 0 aliphatic rings. The molecule has 0 saturated carbocycles. The maximum Gasteiger partial charge on any atom is 0.264 e. The molecule has 1 N–H and O–H groups in total. The van der Waals surface area contributed by atoms with Gasteiger partial charge in [-0.25, -0.2) is 8.42 Å². The van der Waals surface area contributed by atoms with Gasteiger partial charge in [0.25, 0.3) is 10.0 Å². The number of nitrogens with one attached hydrogen (secondary N) is 1. The van der Waals surface area contributed by atoms with Crippen LogP contribution in [-0.4, -0.2) is 58.0 Å². The van der Waals surface area contributed by atoms with Gasteiger partial charge >= 0.3 is 0 Å². The third-order valence-corrected chi connectivity index (χ3v) is 9.54. The average Bonchev–Trinajstić information content (AvgIpc) is 3.06. The molecule has 0 unspecified atom stereocenters. The molecule has 4 rings (SSSR count). The molecule has 0 fully saturated rings. The van der Waals surface area contributed by atoms with Crippen LogP contribution in [0.4, 0.5) is 5.69 Å². The molecule has 0 heterocycles. The number of ether oxygens (including phenoxy) is 2. The van der Waals surface area contributed by atoms with Gasteiger partial charge in [0.15, 0.2) is 0 Å². The first-order chi connectivity index (χ1) is 22.4. The molecule has 0 radical (unpaired) electrons. The molecule has 0 bridgehead atoms. The number of hydrogen-bond donors (Lipinski definition) is 1. The highest BCUT2D eigenvalue weighted by Crippen LogP contribution is 2.36. The van der Waals surface area contributed by atoms with E-state index < -0.39 is 28.5 Å². The zero-order valence-electron chi connectivity index (χ0n) is 27.1. The highest BCUT2D eigenvalue weighted by atomic mass is 35.5. The van der Waals surface area contributed by atoms with E-state index in [1.807, 2.05) is 51.1 Å². The fourth-order valence-electron chi connectivity index (χ4n) is 5.06. The molecule has 248 valence electrons. The smallest absolute Gasteiger partial charge is 0.264 e. The molecule has 0 saturated heterocycles. The average molecular weight is 678 g/mol. The zero-order valence-corrected chi connectivity index (χ0v) is 28.7. The van der Waals surface area contributed by atoms with Crippen molar-refractivity contribution in [3.8, 4) is 11.5 Å². The summed E-state index contributed by atoms with van der Waals surface area (Å²) in [6.07, 6.45) is 0.200. The predicted octanol–water partition coefficient (Wildman–Crippen LogP) is 6.03. The van der Waals surface area contributed by atoms with E-state index in [0.717, 1.165) is 15.4 Å².